The minimum Gasteiger partial charge on any atom is -0.320 e. The molecule has 0 spiro atoms. The van der Waals surface area contributed by atoms with Crippen LogP contribution in [0.2, 0.25) is 0 Å². The van der Waals surface area contributed by atoms with Crippen LogP contribution in [-0.4, -0.2) is 0 Å². The number of nitrogens with two attached hydrogens (primary N) is 1. The molecule has 3 unspecified atom stereocenters. The van der Waals surface area contributed by atoms with Crippen LogP contribution in [0, 0.1) is 23.2 Å². The molecule has 0 heterocycles. The van der Waals surface area contributed by atoms with E-state index in [2.05, 4.69) is 118 Å². The largest absolute Gasteiger partial charge is 0.320 e. The summed E-state index contributed by atoms with van der Waals surface area (Å²) in [5.41, 5.74) is 14.5. The van der Waals surface area contributed by atoms with E-state index in [0.29, 0.717) is 5.92 Å². The second-order valence-electron chi connectivity index (χ2n) is 10.7. The van der Waals surface area contributed by atoms with Crippen molar-refractivity contribution in [2.24, 2.45) is 17.1 Å². The van der Waals surface area contributed by atoms with E-state index in [4.69, 9.17) is 5.73 Å². The SMILES string of the molecule is CC/C=C\C/C(C)=C/C=C1C2=C(/C=C\C3CC3(C)C#C2)C(N)c2c\1c1ccccc1c1ccccc21. The van der Waals surface area contributed by atoms with Crippen molar-refractivity contribution in [3.05, 3.63) is 113 Å². The topological polar surface area (TPSA) is 26.0 Å². The summed E-state index contributed by atoms with van der Waals surface area (Å²) >= 11 is 0. The Balaban J connectivity index is 1.67. The van der Waals surface area contributed by atoms with E-state index in [1.165, 1.54) is 43.8 Å². The van der Waals surface area contributed by atoms with Crippen molar-refractivity contribution in [1.29, 1.82) is 0 Å². The Morgan fingerprint density at radius 3 is 2.47 bits per heavy atom. The van der Waals surface area contributed by atoms with Crippen molar-refractivity contribution >= 4 is 27.1 Å². The van der Waals surface area contributed by atoms with Crippen LogP contribution in [0.1, 0.15) is 57.2 Å². The van der Waals surface area contributed by atoms with Crippen LogP contribution >= 0.6 is 0 Å². The Bertz CT molecular complexity index is 1610. The van der Waals surface area contributed by atoms with Crippen LogP contribution in [0.3, 0.4) is 0 Å². The fraction of sp³-hybridized carbons (Fsp3) is 0.257. The number of hydrogen-bond donors (Lipinski definition) is 1. The standard InChI is InChI=1S/C35H33N/c1-4-5-6-11-23(2)16-18-30-27-20-21-35(3)22-24(35)17-19-31(27)34(36)33-29-15-10-8-13-26(29)25-12-7-9-14-28(25)32(30)33/h5-10,12-19,24,34H,4,11,22,36H2,1-3H3/b6-5-,19-17-,23-16+,30-18+. The van der Waals surface area contributed by atoms with E-state index in [1.807, 2.05) is 0 Å². The third kappa shape index (κ3) is 3.69. The molecule has 1 fully saturated rings. The van der Waals surface area contributed by atoms with Gasteiger partial charge in [-0.25, -0.2) is 0 Å². The van der Waals surface area contributed by atoms with Crippen molar-refractivity contribution in [2.75, 3.05) is 0 Å². The maximum absolute atomic E-state index is 7.14. The van der Waals surface area contributed by atoms with Gasteiger partial charge < -0.3 is 5.73 Å². The highest BCUT2D eigenvalue weighted by Gasteiger charge is 2.48. The first-order valence-electron chi connectivity index (χ1n) is 13.2. The Hall–Kier alpha value is -3.60. The van der Waals surface area contributed by atoms with Crippen LogP contribution in [0.5, 0.6) is 0 Å². The molecule has 3 aromatic rings. The van der Waals surface area contributed by atoms with Gasteiger partial charge >= 0.3 is 0 Å². The molecule has 6 rings (SSSR count). The minimum atomic E-state index is -0.215. The fourth-order valence-corrected chi connectivity index (χ4v) is 5.84. The lowest BCUT2D eigenvalue weighted by molar-refractivity contribution is 0.724. The highest BCUT2D eigenvalue weighted by molar-refractivity contribution is 6.16. The second-order valence-corrected chi connectivity index (χ2v) is 10.7. The summed E-state index contributed by atoms with van der Waals surface area (Å²) in [6.45, 7) is 6.67. The number of benzene rings is 3. The molecule has 3 aromatic carbocycles. The number of allylic oxidation sites excluding steroid dienone is 8. The van der Waals surface area contributed by atoms with E-state index >= 15 is 0 Å². The molecule has 1 nitrogen and oxygen atoms in total. The van der Waals surface area contributed by atoms with E-state index < -0.39 is 0 Å². The number of fused-ring (bicyclic) bond motifs is 7. The summed E-state index contributed by atoms with van der Waals surface area (Å²) in [6, 6.07) is 17.3. The fourth-order valence-electron chi connectivity index (χ4n) is 5.84. The molecule has 3 aliphatic carbocycles. The summed E-state index contributed by atoms with van der Waals surface area (Å²) in [5.74, 6) is 7.82. The highest BCUT2D eigenvalue weighted by Crippen LogP contribution is 2.55. The molecule has 0 aromatic heterocycles. The first-order valence-corrected chi connectivity index (χ1v) is 13.2. The average Bonchev–Trinajstić information content (AvgIpc) is 3.53. The Morgan fingerprint density at radius 2 is 1.72 bits per heavy atom. The molecule has 0 aliphatic heterocycles. The van der Waals surface area contributed by atoms with Crippen LogP contribution in [0.25, 0.3) is 27.1 Å². The van der Waals surface area contributed by atoms with E-state index in [1.54, 1.807) is 0 Å². The quantitative estimate of drug-likeness (QED) is 0.232. The zero-order chi connectivity index (χ0) is 24.9. The molecule has 3 atom stereocenters. The van der Waals surface area contributed by atoms with E-state index in [0.717, 1.165) is 30.4 Å². The van der Waals surface area contributed by atoms with Gasteiger partial charge in [0, 0.05) is 11.0 Å². The van der Waals surface area contributed by atoms with E-state index in [-0.39, 0.29) is 11.5 Å². The van der Waals surface area contributed by atoms with Gasteiger partial charge in [-0.15, -0.1) is 0 Å². The first-order chi connectivity index (χ1) is 17.5. The van der Waals surface area contributed by atoms with Crippen molar-refractivity contribution in [3.8, 4) is 11.8 Å². The average molecular weight is 468 g/mol. The molecule has 36 heavy (non-hydrogen) atoms. The molecule has 0 radical (unpaired) electrons. The van der Waals surface area contributed by atoms with Gasteiger partial charge in [0.1, 0.15) is 0 Å². The predicted octanol–water partition coefficient (Wildman–Crippen LogP) is 8.59. The third-order valence-electron chi connectivity index (χ3n) is 8.11. The van der Waals surface area contributed by atoms with Gasteiger partial charge in [0.25, 0.3) is 0 Å². The minimum absolute atomic E-state index is 0.0899. The summed E-state index contributed by atoms with van der Waals surface area (Å²) in [4.78, 5) is 0. The van der Waals surface area contributed by atoms with Gasteiger partial charge in [-0.05, 0) is 82.8 Å². The molecule has 178 valence electrons. The van der Waals surface area contributed by atoms with Crippen LogP contribution < -0.4 is 5.73 Å². The van der Waals surface area contributed by atoms with Crippen LogP contribution in [0.15, 0.2) is 102 Å². The number of hydrogen-bond acceptors (Lipinski definition) is 1. The third-order valence-corrected chi connectivity index (χ3v) is 8.11. The van der Waals surface area contributed by atoms with Crippen LogP contribution in [0.4, 0.5) is 0 Å². The molecule has 0 bridgehead atoms. The smallest absolute Gasteiger partial charge is 0.0576 e. The summed E-state index contributed by atoms with van der Waals surface area (Å²) in [6.07, 6.45) is 16.9. The van der Waals surface area contributed by atoms with Gasteiger partial charge in [0.2, 0.25) is 0 Å². The zero-order valence-electron chi connectivity index (χ0n) is 21.4. The monoisotopic (exact) mass is 467 g/mol. The second kappa shape index (κ2) is 8.81. The van der Waals surface area contributed by atoms with E-state index in [9.17, 15) is 0 Å². The maximum Gasteiger partial charge on any atom is 0.0576 e. The number of rotatable bonds is 4. The Morgan fingerprint density at radius 1 is 1.03 bits per heavy atom. The molecular weight excluding hydrogens is 434 g/mol. The molecular formula is C35H33N. The molecule has 0 saturated heterocycles. The zero-order valence-corrected chi connectivity index (χ0v) is 21.4. The van der Waals surface area contributed by atoms with Crippen LogP contribution in [-0.2, 0) is 0 Å². The lowest BCUT2D eigenvalue weighted by Crippen LogP contribution is -2.21. The molecule has 0 amide bonds. The van der Waals surface area contributed by atoms with Gasteiger partial charge in [0.15, 0.2) is 0 Å². The predicted molar refractivity (Wildman–Crippen MR) is 154 cm³/mol. The van der Waals surface area contributed by atoms with Gasteiger partial charge in [-0.1, -0.05) is 109 Å². The normalized spacial score (nSPS) is 26.8. The van der Waals surface area contributed by atoms with Crippen molar-refractivity contribution in [3.63, 3.8) is 0 Å². The van der Waals surface area contributed by atoms with Gasteiger partial charge in [0.05, 0.1) is 6.04 Å². The van der Waals surface area contributed by atoms with Gasteiger partial charge in [-0.2, -0.15) is 0 Å². The maximum atomic E-state index is 7.14. The molecule has 1 heteroatoms. The summed E-state index contributed by atoms with van der Waals surface area (Å²) in [7, 11) is 0. The Labute approximate surface area is 214 Å². The summed E-state index contributed by atoms with van der Waals surface area (Å²) in [5, 5.41) is 5.02. The van der Waals surface area contributed by atoms with Crippen molar-refractivity contribution < 1.29 is 0 Å². The molecule has 3 aliphatic rings. The van der Waals surface area contributed by atoms with Gasteiger partial charge in [-0.3, -0.25) is 0 Å². The first kappa shape index (κ1) is 22.8. The Kier molecular flexibility index (Phi) is 5.59. The van der Waals surface area contributed by atoms with Crippen molar-refractivity contribution in [2.45, 2.75) is 46.1 Å². The molecule has 2 N–H and O–H groups in total. The lowest BCUT2D eigenvalue weighted by atomic mass is 9.74. The molecule has 1 saturated carbocycles. The lowest BCUT2D eigenvalue weighted by Gasteiger charge is -2.31. The highest BCUT2D eigenvalue weighted by atomic mass is 14.7. The summed E-state index contributed by atoms with van der Waals surface area (Å²) < 4.78 is 0. The van der Waals surface area contributed by atoms with Crippen molar-refractivity contribution in [1.82, 2.24) is 0 Å².